The van der Waals surface area contributed by atoms with Gasteiger partial charge in [-0.1, -0.05) is 13.8 Å². The summed E-state index contributed by atoms with van der Waals surface area (Å²) in [6.07, 6.45) is 0.914. The highest BCUT2D eigenvalue weighted by Crippen LogP contribution is 2.29. The van der Waals surface area contributed by atoms with Crippen LogP contribution in [0.5, 0.6) is 0 Å². The van der Waals surface area contributed by atoms with Crippen LogP contribution >= 0.6 is 0 Å². The maximum atomic E-state index is 13.2. The first-order chi connectivity index (χ1) is 9.33. The van der Waals surface area contributed by atoms with Crippen LogP contribution in [-0.4, -0.2) is 26.2 Å². The molecule has 0 spiro atoms. The van der Waals surface area contributed by atoms with Crippen LogP contribution in [0.25, 0.3) is 0 Å². The van der Waals surface area contributed by atoms with Gasteiger partial charge in [-0.2, -0.15) is 0 Å². The minimum atomic E-state index is -3.60. The number of urea groups is 1. The molecule has 0 unspecified atom stereocenters. The number of anilines is 1. The largest absolute Gasteiger partial charge is 0.335 e. The Morgan fingerprint density at radius 2 is 2.10 bits per heavy atom. The van der Waals surface area contributed by atoms with E-state index < -0.39 is 21.7 Å². The molecule has 20 heavy (non-hydrogen) atoms. The first-order valence-electron chi connectivity index (χ1n) is 6.43. The van der Waals surface area contributed by atoms with Crippen molar-refractivity contribution >= 4 is 21.6 Å². The van der Waals surface area contributed by atoms with E-state index in [0.29, 0.717) is 5.92 Å². The Bertz CT molecular complexity index is 631. The number of amides is 2. The number of hydrogen-bond acceptors (Lipinski definition) is 3. The van der Waals surface area contributed by atoms with Crippen molar-refractivity contribution < 1.29 is 17.6 Å². The Kier molecular flexibility index (Phi) is 3.99. The Hall–Kier alpha value is -1.63. The predicted molar refractivity (Wildman–Crippen MR) is 73.9 cm³/mol. The fraction of sp³-hybridized carbons (Fsp3) is 0.462. The minimum Gasteiger partial charge on any atom is -0.335 e. The van der Waals surface area contributed by atoms with Crippen molar-refractivity contribution in [3.05, 3.63) is 24.0 Å². The van der Waals surface area contributed by atoms with Crippen LogP contribution in [0.4, 0.5) is 14.9 Å². The van der Waals surface area contributed by atoms with Crippen molar-refractivity contribution in [1.29, 1.82) is 0 Å². The van der Waals surface area contributed by atoms with Gasteiger partial charge in [0.25, 0.3) is 0 Å². The first-order valence-corrected chi connectivity index (χ1v) is 8.08. The highest BCUT2D eigenvalue weighted by molar-refractivity contribution is 7.91. The van der Waals surface area contributed by atoms with Crippen LogP contribution in [0.3, 0.4) is 0 Å². The van der Waals surface area contributed by atoms with Crippen LogP contribution in [0.15, 0.2) is 23.1 Å². The van der Waals surface area contributed by atoms with E-state index in [1.165, 1.54) is 13.0 Å². The zero-order chi connectivity index (χ0) is 14.9. The quantitative estimate of drug-likeness (QED) is 0.894. The fourth-order valence-electron chi connectivity index (χ4n) is 1.86. The van der Waals surface area contributed by atoms with Gasteiger partial charge in [0.2, 0.25) is 0 Å². The Balaban J connectivity index is 2.20. The molecule has 1 aromatic carbocycles. The summed E-state index contributed by atoms with van der Waals surface area (Å²) in [7, 11) is -3.60. The molecule has 0 aromatic heterocycles. The van der Waals surface area contributed by atoms with Crippen molar-refractivity contribution in [1.82, 2.24) is 5.32 Å². The van der Waals surface area contributed by atoms with Crippen molar-refractivity contribution in [2.75, 3.05) is 11.1 Å². The lowest BCUT2D eigenvalue weighted by Crippen LogP contribution is -2.31. The van der Waals surface area contributed by atoms with Crippen LogP contribution < -0.4 is 10.6 Å². The van der Waals surface area contributed by atoms with Gasteiger partial charge in [-0.05, 0) is 30.5 Å². The lowest BCUT2D eigenvalue weighted by Gasteiger charge is -2.12. The van der Waals surface area contributed by atoms with E-state index in [0.717, 1.165) is 18.6 Å². The van der Waals surface area contributed by atoms with Crippen LogP contribution in [-0.2, 0) is 9.84 Å². The zero-order valence-corrected chi connectivity index (χ0v) is 12.1. The summed E-state index contributed by atoms with van der Waals surface area (Å²) in [5.74, 6) is -0.376. The molecule has 0 aliphatic heterocycles. The summed E-state index contributed by atoms with van der Waals surface area (Å²) in [5.41, 5.74) is 0.0963. The number of halogens is 1. The molecule has 2 atom stereocenters. The zero-order valence-electron chi connectivity index (χ0n) is 11.3. The van der Waals surface area contributed by atoms with E-state index in [1.54, 1.807) is 0 Å². The minimum absolute atomic E-state index is 0.0963. The molecule has 110 valence electrons. The number of carbonyl (C=O) groups is 1. The van der Waals surface area contributed by atoms with Crippen molar-refractivity contribution in [3.8, 4) is 0 Å². The highest BCUT2D eigenvalue weighted by Gasteiger charge is 2.34. The van der Waals surface area contributed by atoms with Crippen LogP contribution in [0.1, 0.15) is 20.3 Å². The molecule has 0 radical (unpaired) electrons. The third-order valence-corrected chi connectivity index (χ3v) is 5.10. The van der Waals surface area contributed by atoms with Crippen LogP contribution in [0, 0.1) is 11.7 Å². The van der Waals surface area contributed by atoms with Crippen molar-refractivity contribution in [2.45, 2.75) is 31.2 Å². The lowest BCUT2D eigenvalue weighted by atomic mass is 10.3. The second kappa shape index (κ2) is 5.40. The van der Waals surface area contributed by atoms with Gasteiger partial charge < -0.3 is 10.6 Å². The van der Waals surface area contributed by atoms with E-state index >= 15 is 0 Å². The third-order valence-electron chi connectivity index (χ3n) is 3.33. The van der Waals surface area contributed by atoms with Gasteiger partial charge in [0.1, 0.15) is 5.82 Å². The maximum absolute atomic E-state index is 13.2. The van der Waals surface area contributed by atoms with Crippen molar-refractivity contribution in [2.24, 2.45) is 5.92 Å². The van der Waals surface area contributed by atoms with Gasteiger partial charge in [-0.3, -0.25) is 0 Å². The maximum Gasteiger partial charge on any atom is 0.319 e. The number of nitrogens with one attached hydrogen (secondary N) is 2. The molecule has 1 aliphatic rings. The van der Waals surface area contributed by atoms with E-state index in [-0.39, 0.29) is 22.4 Å². The third kappa shape index (κ3) is 3.27. The number of carbonyl (C=O) groups excluding carboxylic acids is 1. The first kappa shape index (κ1) is 14.8. The van der Waals surface area contributed by atoms with Gasteiger partial charge in [-0.25, -0.2) is 17.6 Å². The van der Waals surface area contributed by atoms with E-state index in [1.807, 2.05) is 6.92 Å². The van der Waals surface area contributed by atoms with Gasteiger partial charge in [0.15, 0.2) is 9.84 Å². The molecule has 2 N–H and O–H groups in total. The average Bonchev–Trinajstić information content (AvgIpc) is 3.06. The predicted octanol–water partition coefficient (Wildman–Crippen LogP) is 2.15. The molecule has 1 fully saturated rings. The normalized spacial score (nSPS) is 21.4. The second-order valence-corrected chi connectivity index (χ2v) is 7.21. The average molecular weight is 300 g/mol. The summed E-state index contributed by atoms with van der Waals surface area (Å²) in [4.78, 5) is 11.6. The van der Waals surface area contributed by atoms with Gasteiger partial charge in [-0.15, -0.1) is 0 Å². The molecule has 2 rings (SSSR count). The van der Waals surface area contributed by atoms with Crippen LogP contribution in [0.2, 0.25) is 0 Å². The Labute approximate surface area is 117 Å². The Morgan fingerprint density at radius 1 is 1.45 bits per heavy atom. The van der Waals surface area contributed by atoms with E-state index in [9.17, 15) is 17.6 Å². The summed E-state index contributed by atoms with van der Waals surface area (Å²) in [6.45, 7) is 3.48. The number of benzene rings is 1. The molecular weight excluding hydrogens is 283 g/mol. The monoisotopic (exact) mass is 300 g/mol. The summed E-state index contributed by atoms with van der Waals surface area (Å²) >= 11 is 0. The molecule has 2 amide bonds. The molecule has 7 heteroatoms. The van der Waals surface area contributed by atoms with Gasteiger partial charge in [0.05, 0.1) is 16.3 Å². The standard InChI is InChI=1S/C13H17FN2O3S/c1-3-20(18,19)12-7-9(14)4-5-10(12)15-13(17)16-11-6-8(11)2/h4-5,7-8,11H,3,6H2,1-2H3,(H2,15,16,17)/t8-,11+/m1/s1. The van der Waals surface area contributed by atoms with Crippen molar-refractivity contribution in [3.63, 3.8) is 0 Å². The molecular formula is C13H17FN2O3S. The molecule has 1 saturated carbocycles. The van der Waals surface area contributed by atoms with E-state index in [2.05, 4.69) is 10.6 Å². The highest BCUT2D eigenvalue weighted by atomic mass is 32.2. The van der Waals surface area contributed by atoms with Gasteiger partial charge in [0, 0.05) is 6.04 Å². The molecule has 5 nitrogen and oxygen atoms in total. The fourth-order valence-corrected chi connectivity index (χ4v) is 2.92. The second-order valence-electron chi connectivity index (χ2n) is 4.96. The number of rotatable bonds is 4. The summed E-state index contributed by atoms with van der Waals surface area (Å²) in [5, 5.41) is 5.20. The molecule has 0 saturated heterocycles. The molecule has 1 aromatic rings. The molecule has 1 aliphatic carbocycles. The smallest absolute Gasteiger partial charge is 0.319 e. The number of sulfone groups is 1. The van der Waals surface area contributed by atoms with E-state index in [4.69, 9.17) is 0 Å². The summed E-state index contributed by atoms with van der Waals surface area (Å²) < 4.78 is 37.0. The molecule has 0 bridgehead atoms. The Morgan fingerprint density at radius 3 is 2.65 bits per heavy atom. The lowest BCUT2D eigenvalue weighted by molar-refractivity contribution is 0.251. The van der Waals surface area contributed by atoms with Gasteiger partial charge >= 0.3 is 6.03 Å². The SMILES string of the molecule is CCS(=O)(=O)c1cc(F)ccc1NC(=O)N[C@H]1C[C@H]1C. The number of hydrogen-bond donors (Lipinski definition) is 2. The molecule has 0 heterocycles. The summed E-state index contributed by atoms with van der Waals surface area (Å²) in [6, 6.07) is 2.95. The topological polar surface area (TPSA) is 75.3 Å².